The second-order valence-corrected chi connectivity index (χ2v) is 6.80. The lowest BCUT2D eigenvalue weighted by Crippen LogP contribution is -2.40. The van der Waals surface area contributed by atoms with Crippen molar-refractivity contribution in [2.75, 3.05) is 20.2 Å². The summed E-state index contributed by atoms with van der Waals surface area (Å²) in [5, 5.41) is 10.4. The number of carboxylic acid groups (broad SMARTS) is 1. The molecule has 1 fully saturated rings. The van der Waals surface area contributed by atoms with Crippen LogP contribution in [0.4, 0.5) is 0 Å². The standard InChI is InChI=1S/C23H29NO3/c1-3-17-27-23(22(25)26,19-9-5-4-6-10-19)20-14-12-18(13-15-20)21-11-7-8-16-24(21)2/h4-6,9-10,12-15,21H,3,7-8,11,16-17H2,1-2H3,(H,25,26)/i1D3,3D2,17D2. The van der Waals surface area contributed by atoms with Gasteiger partial charge in [0.15, 0.2) is 0 Å². The number of carbonyl (C=O) groups is 1. The highest BCUT2D eigenvalue weighted by Crippen LogP contribution is 2.36. The van der Waals surface area contributed by atoms with Gasteiger partial charge < -0.3 is 9.84 Å². The monoisotopic (exact) mass is 374 g/mol. The van der Waals surface area contributed by atoms with E-state index in [1.165, 1.54) is 24.3 Å². The molecule has 4 heteroatoms. The van der Waals surface area contributed by atoms with Gasteiger partial charge in [-0.3, -0.25) is 4.90 Å². The molecule has 1 N–H and O–H groups in total. The van der Waals surface area contributed by atoms with Crippen LogP contribution in [-0.4, -0.2) is 36.1 Å². The zero-order valence-corrected chi connectivity index (χ0v) is 15.3. The Morgan fingerprint density at radius 3 is 2.56 bits per heavy atom. The molecule has 0 saturated carbocycles. The first-order valence-corrected chi connectivity index (χ1v) is 9.04. The first-order valence-electron chi connectivity index (χ1n) is 12.5. The van der Waals surface area contributed by atoms with Crippen LogP contribution in [0.1, 0.15) is 64.8 Å². The molecular weight excluding hydrogens is 338 g/mol. The number of aliphatic carboxylic acids is 1. The van der Waals surface area contributed by atoms with Gasteiger partial charge in [0.05, 0.1) is 2.74 Å². The molecule has 2 aromatic rings. The predicted molar refractivity (Wildman–Crippen MR) is 107 cm³/mol. The Kier molecular flexibility index (Phi) is 3.96. The average Bonchev–Trinajstić information content (AvgIpc) is 2.77. The molecule has 0 amide bonds. The lowest BCUT2D eigenvalue weighted by molar-refractivity contribution is -0.161. The normalized spacial score (nSPS) is 25.5. The minimum absolute atomic E-state index is 0.0373. The van der Waals surface area contributed by atoms with Gasteiger partial charge in [0.1, 0.15) is 0 Å². The van der Waals surface area contributed by atoms with Crippen LogP contribution in [0.3, 0.4) is 0 Å². The zero-order valence-electron chi connectivity index (χ0n) is 22.3. The van der Waals surface area contributed by atoms with E-state index >= 15 is 0 Å². The van der Waals surface area contributed by atoms with Gasteiger partial charge in [0, 0.05) is 19.5 Å². The largest absolute Gasteiger partial charge is 0.479 e. The molecule has 0 spiro atoms. The van der Waals surface area contributed by atoms with Gasteiger partial charge in [-0.1, -0.05) is 67.9 Å². The molecule has 0 bridgehead atoms. The molecule has 2 aromatic carbocycles. The Morgan fingerprint density at radius 1 is 1.22 bits per heavy atom. The molecule has 1 heterocycles. The molecule has 4 nitrogen and oxygen atoms in total. The maximum absolute atomic E-state index is 12.8. The Labute approximate surface area is 171 Å². The van der Waals surface area contributed by atoms with E-state index in [1.807, 2.05) is 7.05 Å². The Hall–Kier alpha value is -2.17. The van der Waals surface area contributed by atoms with E-state index in [9.17, 15) is 9.90 Å². The summed E-state index contributed by atoms with van der Waals surface area (Å²) < 4.78 is 60.1. The summed E-state index contributed by atoms with van der Waals surface area (Å²) in [6.07, 6.45) is -0.348. The lowest BCUT2D eigenvalue weighted by atomic mass is 9.84. The van der Waals surface area contributed by atoms with Crippen LogP contribution in [0.25, 0.3) is 0 Å². The third-order valence-corrected chi connectivity index (χ3v) is 5.21. The topological polar surface area (TPSA) is 49.8 Å². The quantitative estimate of drug-likeness (QED) is 0.769. The van der Waals surface area contributed by atoms with E-state index in [2.05, 4.69) is 4.90 Å². The fourth-order valence-corrected chi connectivity index (χ4v) is 3.79. The average molecular weight is 375 g/mol. The SMILES string of the molecule is [2H]C([2H])([2H])C([2H])([2H])C([2H])([2H])OC(C(=O)O)(c1ccccc1)c1ccc(C2CCCCN2C)cc1. The van der Waals surface area contributed by atoms with E-state index in [0.29, 0.717) is 0 Å². The number of piperidine rings is 1. The molecule has 3 rings (SSSR count). The van der Waals surface area contributed by atoms with Crippen LogP contribution in [0.5, 0.6) is 0 Å². The molecule has 1 aliphatic heterocycles. The smallest absolute Gasteiger partial charge is 0.345 e. The molecule has 0 aliphatic carbocycles. The van der Waals surface area contributed by atoms with Crippen molar-refractivity contribution in [3.8, 4) is 0 Å². The van der Waals surface area contributed by atoms with Crippen LogP contribution >= 0.6 is 0 Å². The van der Waals surface area contributed by atoms with Crippen molar-refractivity contribution in [2.24, 2.45) is 0 Å². The minimum atomic E-state index is -3.49. The van der Waals surface area contributed by atoms with Crippen molar-refractivity contribution in [3.63, 3.8) is 0 Å². The Balaban J connectivity index is 2.14. The first-order chi connectivity index (χ1) is 15.7. The van der Waals surface area contributed by atoms with Crippen LogP contribution in [0, 0.1) is 0 Å². The highest BCUT2D eigenvalue weighted by atomic mass is 16.5. The lowest BCUT2D eigenvalue weighted by Gasteiger charge is -2.34. The van der Waals surface area contributed by atoms with Crippen molar-refractivity contribution in [3.05, 3.63) is 71.3 Å². The van der Waals surface area contributed by atoms with Crippen molar-refractivity contribution in [1.82, 2.24) is 4.90 Å². The van der Waals surface area contributed by atoms with E-state index < -0.39 is 31.4 Å². The maximum atomic E-state index is 12.8. The number of carboxylic acids is 1. The van der Waals surface area contributed by atoms with Crippen molar-refractivity contribution in [2.45, 2.75) is 44.1 Å². The van der Waals surface area contributed by atoms with Crippen LogP contribution in [0.2, 0.25) is 0 Å². The minimum Gasteiger partial charge on any atom is -0.479 e. The van der Waals surface area contributed by atoms with Crippen LogP contribution in [-0.2, 0) is 15.1 Å². The van der Waals surface area contributed by atoms with Crippen LogP contribution in [0.15, 0.2) is 54.6 Å². The van der Waals surface area contributed by atoms with Gasteiger partial charge >= 0.3 is 5.97 Å². The number of nitrogens with zero attached hydrogens (tertiary/aromatic N) is 1. The second kappa shape index (κ2) is 8.68. The Bertz CT molecular complexity index is 996. The number of rotatable bonds is 7. The number of benzene rings is 2. The molecule has 2 atom stereocenters. The van der Waals surface area contributed by atoms with E-state index in [0.717, 1.165) is 31.4 Å². The number of hydrogen-bond donors (Lipinski definition) is 1. The number of ether oxygens (including phenoxy) is 1. The summed E-state index contributed by atoms with van der Waals surface area (Å²) in [4.78, 5) is 15.0. The predicted octanol–water partition coefficient (Wildman–Crippen LogP) is 4.60. The summed E-state index contributed by atoms with van der Waals surface area (Å²) in [6.45, 7) is -5.93. The first kappa shape index (κ1) is 12.3. The van der Waals surface area contributed by atoms with Gasteiger partial charge in [-0.05, 0) is 49.5 Å². The van der Waals surface area contributed by atoms with E-state index in [1.54, 1.807) is 30.3 Å². The summed E-state index contributed by atoms with van der Waals surface area (Å²) >= 11 is 0. The van der Waals surface area contributed by atoms with E-state index in [4.69, 9.17) is 14.3 Å². The van der Waals surface area contributed by atoms with Crippen molar-refractivity contribution >= 4 is 5.97 Å². The van der Waals surface area contributed by atoms with Gasteiger partial charge in [-0.25, -0.2) is 4.79 Å². The summed E-state index contributed by atoms with van der Waals surface area (Å²) in [5.74, 6) is -1.59. The Morgan fingerprint density at radius 2 is 1.93 bits per heavy atom. The van der Waals surface area contributed by atoms with E-state index in [-0.39, 0.29) is 17.2 Å². The highest BCUT2D eigenvalue weighted by Gasteiger charge is 2.43. The number of hydrogen-bond acceptors (Lipinski definition) is 3. The zero-order chi connectivity index (χ0) is 25.4. The van der Waals surface area contributed by atoms with Crippen molar-refractivity contribution < 1.29 is 24.2 Å². The third-order valence-electron chi connectivity index (χ3n) is 5.21. The van der Waals surface area contributed by atoms with Gasteiger partial charge in [0.2, 0.25) is 5.60 Å². The molecule has 27 heavy (non-hydrogen) atoms. The summed E-state index contributed by atoms with van der Waals surface area (Å²) in [6, 6.07) is 14.4. The van der Waals surface area contributed by atoms with Gasteiger partial charge in [-0.15, -0.1) is 0 Å². The van der Waals surface area contributed by atoms with Gasteiger partial charge in [0.25, 0.3) is 0 Å². The molecule has 0 radical (unpaired) electrons. The fraction of sp³-hybridized carbons (Fsp3) is 0.435. The molecule has 2 unspecified atom stereocenters. The molecule has 1 saturated heterocycles. The highest BCUT2D eigenvalue weighted by molar-refractivity contribution is 5.84. The molecule has 1 aliphatic rings. The molecule has 144 valence electrons. The molecular formula is C23H29NO3. The number of likely N-dealkylation sites (tertiary alicyclic amines) is 1. The third kappa shape index (κ3) is 3.92. The summed E-state index contributed by atoms with van der Waals surface area (Å²) in [7, 11) is 2.03. The van der Waals surface area contributed by atoms with Gasteiger partial charge in [-0.2, -0.15) is 0 Å². The van der Waals surface area contributed by atoms with Crippen molar-refractivity contribution in [1.29, 1.82) is 0 Å². The second-order valence-electron chi connectivity index (χ2n) is 6.80. The fourth-order valence-electron chi connectivity index (χ4n) is 3.79. The summed E-state index contributed by atoms with van der Waals surface area (Å²) in [5.41, 5.74) is -1.42. The maximum Gasteiger partial charge on any atom is 0.345 e. The van der Waals surface area contributed by atoms with Crippen LogP contribution < -0.4 is 0 Å². The molecule has 0 aromatic heterocycles.